The van der Waals surface area contributed by atoms with Crippen molar-refractivity contribution in [2.75, 3.05) is 5.32 Å². The van der Waals surface area contributed by atoms with Crippen LogP contribution in [0.15, 0.2) is 43.9 Å². The van der Waals surface area contributed by atoms with Gasteiger partial charge in [-0.15, -0.1) is 0 Å². The highest BCUT2D eigenvalue weighted by atomic mass is 79.9. The second kappa shape index (κ2) is 5.01. The van der Waals surface area contributed by atoms with Crippen LogP contribution in [-0.2, 0) is 6.54 Å². The van der Waals surface area contributed by atoms with Crippen molar-refractivity contribution in [3.63, 3.8) is 0 Å². The molecule has 0 unspecified atom stereocenters. The second-order valence-corrected chi connectivity index (χ2v) is 4.85. The van der Waals surface area contributed by atoms with Crippen molar-refractivity contribution in [1.82, 2.24) is 0 Å². The fourth-order valence-corrected chi connectivity index (χ4v) is 2.11. The monoisotopic (exact) mass is 347 g/mol. The molecule has 1 aromatic heterocycles. The van der Waals surface area contributed by atoms with Crippen LogP contribution in [0.4, 0.5) is 10.1 Å². The first-order chi connectivity index (χ1) is 7.68. The molecule has 84 valence electrons. The zero-order valence-corrected chi connectivity index (χ0v) is 11.3. The Kier molecular flexibility index (Phi) is 3.66. The molecule has 0 aliphatic carbocycles. The predicted octanol–water partition coefficient (Wildman–Crippen LogP) is 4.56. The minimum atomic E-state index is -0.294. The van der Waals surface area contributed by atoms with E-state index in [-0.39, 0.29) is 5.82 Å². The summed E-state index contributed by atoms with van der Waals surface area (Å²) in [7, 11) is 0. The highest BCUT2D eigenvalue weighted by molar-refractivity contribution is 9.10. The minimum Gasteiger partial charge on any atom is -0.466 e. The van der Waals surface area contributed by atoms with Crippen LogP contribution in [-0.4, -0.2) is 0 Å². The molecule has 1 aromatic carbocycles. The third-order valence-corrected chi connectivity index (χ3v) is 3.45. The van der Waals surface area contributed by atoms with Crippen LogP contribution in [0.5, 0.6) is 0 Å². The molecule has 2 aromatic rings. The SMILES string of the molecule is Fc1cccc(Br)c1NCc1occc1Br. The maximum absolute atomic E-state index is 13.4. The van der Waals surface area contributed by atoms with Crippen molar-refractivity contribution in [3.05, 3.63) is 51.1 Å². The molecular weight excluding hydrogens is 341 g/mol. The molecule has 16 heavy (non-hydrogen) atoms. The van der Waals surface area contributed by atoms with E-state index in [0.29, 0.717) is 16.7 Å². The molecule has 0 saturated carbocycles. The van der Waals surface area contributed by atoms with Crippen molar-refractivity contribution in [1.29, 1.82) is 0 Å². The Morgan fingerprint density at radius 1 is 1.19 bits per heavy atom. The highest BCUT2D eigenvalue weighted by Crippen LogP contribution is 2.26. The Morgan fingerprint density at radius 2 is 2.00 bits per heavy atom. The molecule has 0 fully saturated rings. The van der Waals surface area contributed by atoms with Gasteiger partial charge in [0.1, 0.15) is 11.6 Å². The van der Waals surface area contributed by atoms with Crippen molar-refractivity contribution in [2.45, 2.75) is 6.54 Å². The normalized spacial score (nSPS) is 10.4. The number of rotatable bonds is 3. The molecule has 1 heterocycles. The maximum Gasteiger partial charge on any atom is 0.147 e. The van der Waals surface area contributed by atoms with Crippen molar-refractivity contribution < 1.29 is 8.81 Å². The van der Waals surface area contributed by atoms with Crippen LogP contribution in [0.1, 0.15) is 5.76 Å². The molecule has 0 saturated heterocycles. The molecule has 0 spiro atoms. The number of hydrogen-bond donors (Lipinski definition) is 1. The van der Waals surface area contributed by atoms with Gasteiger partial charge in [-0.1, -0.05) is 6.07 Å². The predicted molar refractivity (Wildman–Crippen MR) is 67.8 cm³/mol. The third-order valence-electron chi connectivity index (χ3n) is 2.08. The molecule has 0 bridgehead atoms. The van der Waals surface area contributed by atoms with E-state index in [2.05, 4.69) is 37.2 Å². The summed E-state index contributed by atoms with van der Waals surface area (Å²) in [4.78, 5) is 0. The van der Waals surface area contributed by atoms with E-state index in [1.54, 1.807) is 24.5 Å². The molecule has 0 aliphatic rings. The van der Waals surface area contributed by atoms with Crippen LogP contribution < -0.4 is 5.32 Å². The first-order valence-electron chi connectivity index (χ1n) is 4.58. The maximum atomic E-state index is 13.4. The number of hydrogen-bond acceptors (Lipinski definition) is 2. The van der Waals surface area contributed by atoms with Crippen LogP contribution in [0.3, 0.4) is 0 Å². The van der Waals surface area contributed by atoms with Crippen LogP contribution >= 0.6 is 31.9 Å². The average molecular weight is 349 g/mol. The van der Waals surface area contributed by atoms with Gasteiger partial charge >= 0.3 is 0 Å². The number of anilines is 1. The Balaban J connectivity index is 2.14. The van der Waals surface area contributed by atoms with Gasteiger partial charge < -0.3 is 9.73 Å². The lowest BCUT2D eigenvalue weighted by Crippen LogP contribution is -2.01. The number of benzene rings is 1. The molecule has 1 N–H and O–H groups in total. The van der Waals surface area contributed by atoms with E-state index in [1.807, 2.05) is 0 Å². The lowest BCUT2D eigenvalue weighted by atomic mass is 10.3. The first kappa shape index (κ1) is 11.7. The molecule has 0 radical (unpaired) electrons. The number of nitrogens with one attached hydrogen (secondary N) is 1. The number of furan rings is 1. The lowest BCUT2D eigenvalue weighted by Gasteiger charge is -2.08. The molecule has 0 aliphatic heterocycles. The molecule has 2 rings (SSSR count). The summed E-state index contributed by atoms with van der Waals surface area (Å²) in [6.45, 7) is 0.424. The Bertz CT molecular complexity index is 478. The molecule has 0 amide bonds. The van der Waals surface area contributed by atoms with E-state index >= 15 is 0 Å². The molecule has 2 nitrogen and oxygen atoms in total. The van der Waals surface area contributed by atoms with Gasteiger partial charge in [-0.25, -0.2) is 4.39 Å². The summed E-state index contributed by atoms with van der Waals surface area (Å²) in [6, 6.07) is 6.63. The van der Waals surface area contributed by atoms with Crippen molar-refractivity contribution in [2.24, 2.45) is 0 Å². The minimum absolute atomic E-state index is 0.294. The van der Waals surface area contributed by atoms with Gasteiger partial charge in [0.25, 0.3) is 0 Å². The smallest absolute Gasteiger partial charge is 0.147 e. The zero-order valence-electron chi connectivity index (χ0n) is 8.14. The van der Waals surface area contributed by atoms with Gasteiger partial charge in [-0.05, 0) is 50.1 Å². The highest BCUT2D eigenvalue weighted by Gasteiger charge is 2.08. The largest absolute Gasteiger partial charge is 0.466 e. The third kappa shape index (κ3) is 2.47. The van der Waals surface area contributed by atoms with Crippen molar-refractivity contribution >= 4 is 37.5 Å². The summed E-state index contributed by atoms with van der Waals surface area (Å²) >= 11 is 6.62. The van der Waals surface area contributed by atoms with Crippen LogP contribution in [0.25, 0.3) is 0 Å². The Labute approximate surface area is 109 Å². The summed E-state index contributed by atoms with van der Waals surface area (Å²) in [5.41, 5.74) is 0.436. The fourth-order valence-electron chi connectivity index (χ4n) is 1.29. The summed E-state index contributed by atoms with van der Waals surface area (Å²) in [5.74, 6) is 0.437. The summed E-state index contributed by atoms with van der Waals surface area (Å²) < 4.78 is 20.2. The van der Waals surface area contributed by atoms with Gasteiger partial charge in [-0.2, -0.15) is 0 Å². The zero-order chi connectivity index (χ0) is 11.5. The number of para-hydroxylation sites is 1. The van der Waals surface area contributed by atoms with Gasteiger partial charge in [0.15, 0.2) is 0 Å². The first-order valence-corrected chi connectivity index (χ1v) is 6.17. The Hall–Kier alpha value is -0.810. The Morgan fingerprint density at radius 3 is 2.62 bits per heavy atom. The van der Waals surface area contributed by atoms with Gasteiger partial charge in [0, 0.05) is 4.47 Å². The second-order valence-electron chi connectivity index (χ2n) is 3.14. The number of halogens is 3. The molecular formula is C11H8Br2FNO. The quantitative estimate of drug-likeness (QED) is 0.879. The summed E-state index contributed by atoms with van der Waals surface area (Å²) in [6.07, 6.45) is 1.58. The van der Waals surface area contributed by atoms with Crippen molar-refractivity contribution in [3.8, 4) is 0 Å². The fraction of sp³-hybridized carbons (Fsp3) is 0.0909. The summed E-state index contributed by atoms with van der Waals surface area (Å²) in [5, 5.41) is 2.98. The van der Waals surface area contributed by atoms with E-state index in [9.17, 15) is 4.39 Å². The van der Waals surface area contributed by atoms with Crippen LogP contribution in [0.2, 0.25) is 0 Å². The van der Waals surface area contributed by atoms with Gasteiger partial charge in [0.2, 0.25) is 0 Å². The van der Waals surface area contributed by atoms with E-state index < -0.39 is 0 Å². The van der Waals surface area contributed by atoms with E-state index in [4.69, 9.17) is 4.42 Å². The molecule has 5 heteroatoms. The molecule has 0 atom stereocenters. The topological polar surface area (TPSA) is 25.2 Å². The average Bonchev–Trinajstić information content (AvgIpc) is 2.64. The van der Waals surface area contributed by atoms with E-state index in [1.165, 1.54) is 6.07 Å². The van der Waals surface area contributed by atoms with E-state index in [0.717, 1.165) is 10.2 Å². The van der Waals surface area contributed by atoms with Gasteiger partial charge in [-0.3, -0.25) is 0 Å². The lowest BCUT2D eigenvalue weighted by molar-refractivity contribution is 0.515. The standard InChI is InChI=1S/C11H8Br2FNO/c12-7-4-5-16-10(7)6-15-11-8(13)2-1-3-9(11)14/h1-5,15H,6H2. The van der Waals surface area contributed by atoms with Gasteiger partial charge in [0.05, 0.1) is 23.0 Å². The van der Waals surface area contributed by atoms with Crippen LogP contribution in [0, 0.1) is 5.82 Å².